The zero-order chi connectivity index (χ0) is 14.8. The Balaban J connectivity index is 2.00. The van der Waals surface area contributed by atoms with Crippen LogP contribution in [0.25, 0.3) is 0 Å². The summed E-state index contributed by atoms with van der Waals surface area (Å²) in [5, 5.41) is 12.3. The fourth-order valence-corrected chi connectivity index (χ4v) is 3.10. The zero-order valence-corrected chi connectivity index (χ0v) is 12.6. The largest absolute Gasteiger partial charge is 0.447 e. The van der Waals surface area contributed by atoms with Crippen LogP contribution in [-0.4, -0.2) is 32.2 Å². The van der Waals surface area contributed by atoms with E-state index in [1.807, 2.05) is 13.8 Å². The van der Waals surface area contributed by atoms with Gasteiger partial charge in [0.2, 0.25) is 5.09 Å². The number of aliphatic hydroxyl groups is 1. The van der Waals surface area contributed by atoms with Gasteiger partial charge in [0, 0.05) is 12.1 Å². The van der Waals surface area contributed by atoms with Gasteiger partial charge in [-0.3, -0.25) is 0 Å². The van der Waals surface area contributed by atoms with E-state index in [0.29, 0.717) is 18.3 Å². The Morgan fingerprint density at radius 3 is 2.65 bits per heavy atom. The van der Waals surface area contributed by atoms with Crippen LogP contribution in [-0.2, 0) is 16.6 Å². The molecular weight excluding hydrogens is 280 g/mol. The quantitative estimate of drug-likeness (QED) is 0.661. The molecule has 0 aliphatic heterocycles. The first-order chi connectivity index (χ1) is 9.42. The molecule has 0 radical (unpaired) electrons. The first-order valence-corrected chi connectivity index (χ1v) is 8.36. The minimum absolute atomic E-state index is 0.000686. The molecule has 0 saturated heterocycles. The Kier molecular flexibility index (Phi) is 4.85. The third-order valence-corrected chi connectivity index (χ3v) is 4.71. The lowest BCUT2D eigenvalue weighted by atomic mass is 10.1. The highest BCUT2D eigenvalue weighted by Gasteiger charge is 2.25. The van der Waals surface area contributed by atoms with Gasteiger partial charge < -0.3 is 14.8 Å². The molecule has 0 bridgehead atoms. The van der Waals surface area contributed by atoms with Gasteiger partial charge in [0.25, 0.3) is 10.0 Å². The van der Waals surface area contributed by atoms with Crippen LogP contribution < -0.4 is 10.0 Å². The summed E-state index contributed by atoms with van der Waals surface area (Å²) in [4.78, 5) is 0. The molecule has 7 heteroatoms. The molecular formula is C13H22N2O4S. The average Bonchev–Trinajstić information content (AvgIpc) is 3.09. The van der Waals surface area contributed by atoms with Crippen LogP contribution in [0.2, 0.25) is 0 Å². The molecule has 3 N–H and O–H groups in total. The van der Waals surface area contributed by atoms with Crippen LogP contribution in [0.3, 0.4) is 0 Å². The van der Waals surface area contributed by atoms with Crippen molar-refractivity contribution in [1.29, 1.82) is 0 Å². The standard InChI is InChI=1S/C13H22N2O4S/c1-9(2)12(8-16)15-20(17,18)13-6-5-11(19-13)7-14-10-3-4-10/h5-6,9-10,12,14-16H,3-4,7-8H2,1-2H3. The fraction of sp³-hybridized carbons (Fsp3) is 0.692. The summed E-state index contributed by atoms with van der Waals surface area (Å²) in [5.74, 6) is 0.600. The van der Waals surface area contributed by atoms with E-state index in [1.54, 1.807) is 6.07 Å². The van der Waals surface area contributed by atoms with Crippen molar-refractivity contribution in [2.24, 2.45) is 5.92 Å². The van der Waals surface area contributed by atoms with E-state index in [9.17, 15) is 13.5 Å². The Bertz CT molecular complexity index is 534. The summed E-state index contributed by atoms with van der Waals surface area (Å²) in [6.07, 6.45) is 2.33. The van der Waals surface area contributed by atoms with Gasteiger partial charge in [0.05, 0.1) is 13.2 Å². The van der Waals surface area contributed by atoms with Gasteiger partial charge in [-0.25, -0.2) is 13.1 Å². The summed E-state index contributed by atoms with van der Waals surface area (Å²) < 4.78 is 32.1. The van der Waals surface area contributed by atoms with E-state index in [2.05, 4.69) is 10.0 Å². The molecule has 6 nitrogen and oxygen atoms in total. The second kappa shape index (κ2) is 6.26. The highest BCUT2D eigenvalue weighted by molar-refractivity contribution is 7.89. The summed E-state index contributed by atoms with van der Waals surface area (Å²) >= 11 is 0. The predicted molar refractivity (Wildman–Crippen MR) is 74.6 cm³/mol. The number of rotatable bonds is 8. The molecule has 0 amide bonds. The third kappa shape index (κ3) is 4.05. The molecule has 1 aromatic heterocycles. The second-order valence-electron chi connectivity index (χ2n) is 5.53. The molecule has 20 heavy (non-hydrogen) atoms. The van der Waals surface area contributed by atoms with Crippen LogP contribution in [0.4, 0.5) is 0 Å². The molecule has 0 spiro atoms. The van der Waals surface area contributed by atoms with Crippen molar-refractivity contribution in [2.45, 2.75) is 50.4 Å². The lowest BCUT2D eigenvalue weighted by Crippen LogP contribution is -2.40. The van der Waals surface area contributed by atoms with Crippen molar-refractivity contribution in [3.05, 3.63) is 17.9 Å². The summed E-state index contributed by atoms with van der Waals surface area (Å²) in [6, 6.07) is 3.13. The highest BCUT2D eigenvalue weighted by Crippen LogP contribution is 2.20. The van der Waals surface area contributed by atoms with E-state index in [1.165, 1.54) is 18.9 Å². The smallest absolute Gasteiger partial charge is 0.274 e. The average molecular weight is 302 g/mol. The summed E-state index contributed by atoms with van der Waals surface area (Å²) in [5.41, 5.74) is 0. The Labute approximate surface area is 119 Å². The number of hydrogen-bond acceptors (Lipinski definition) is 5. The van der Waals surface area contributed by atoms with Gasteiger partial charge in [-0.2, -0.15) is 0 Å². The van der Waals surface area contributed by atoms with E-state index in [4.69, 9.17) is 4.42 Å². The Morgan fingerprint density at radius 2 is 2.10 bits per heavy atom. The topological polar surface area (TPSA) is 91.6 Å². The summed E-state index contributed by atoms with van der Waals surface area (Å²) in [7, 11) is -3.72. The van der Waals surface area contributed by atoms with Crippen LogP contribution in [0.1, 0.15) is 32.4 Å². The van der Waals surface area contributed by atoms with Gasteiger partial charge in [0.1, 0.15) is 5.76 Å². The molecule has 1 atom stereocenters. The van der Waals surface area contributed by atoms with Crippen LogP contribution >= 0.6 is 0 Å². The fourth-order valence-electron chi connectivity index (χ4n) is 1.77. The molecule has 1 fully saturated rings. The maximum absolute atomic E-state index is 12.1. The van der Waals surface area contributed by atoms with Crippen molar-refractivity contribution >= 4 is 10.0 Å². The first kappa shape index (κ1) is 15.5. The molecule has 1 saturated carbocycles. The zero-order valence-electron chi connectivity index (χ0n) is 11.8. The van der Waals surface area contributed by atoms with Crippen LogP contribution in [0.15, 0.2) is 21.6 Å². The normalized spacial score (nSPS) is 17.6. The monoisotopic (exact) mass is 302 g/mol. The molecule has 1 heterocycles. The molecule has 1 aliphatic carbocycles. The van der Waals surface area contributed by atoms with Crippen molar-refractivity contribution < 1.29 is 17.9 Å². The maximum Gasteiger partial charge on any atom is 0.274 e. The van der Waals surface area contributed by atoms with Gasteiger partial charge >= 0.3 is 0 Å². The Hall–Kier alpha value is -0.890. The number of furan rings is 1. The van der Waals surface area contributed by atoms with Gasteiger partial charge in [-0.05, 0) is 30.9 Å². The van der Waals surface area contributed by atoms with E-state index >= 15 is 0 Å². The number of nitrogens with one attached hydrogen (secondary N) is 2. The molecule has 114 valence electrons. The van der Waals surface area contributed by atoms with E-state index < -0.39 is 16.1 Å². The molecule has 1 aliphatic rings. The molecule has 2 rings (SSSR count). The van der Waals surface area contributed by atoms with Gasteiger partial charge in [-0.1, -0.05) is 13.8 Å². The molecule has 1 unspecified atom stereocenters. The predicted octanol–water partition coefficient (Wildman–Crippen LogP) is 0.827. The summed E-state index contributed by atoms with van der Waals surface area (Å²) in [6.45, 7) is 3.98. The number of hydrogen-bond donors (Lipinski definition) is 3. The van der Waals surface area contributed by atoms with Crippen LogP contribution in [0.5, 0.6) is 0 Å². The molecule has 0 aromatic carbocycles. The van der Waals surface area contributed by atoms with Crippen molar-refractivity contribution in [3.8, 4) is 0 Å². The maximum atomic E-state index is 12.1. The Morgan fingerprint density at radius 1 is 1.40 bits per heavy atom. The third-order valence-electron chi connectivity index (χ3n) is 3.35. The minimum atomic E-state index is -3.72. The number of aliphatic hydroxyl groups excluding tert-OH is 1. The van der Waals surface area contributed by atoms with Crippen molar-refractivity contribution in [1.82, 2.24) is 10.0 Å². The van der Waals surface area contributed by atoms with Gasteiger partial charge in [-0.15, -0.1) is 0 Å². The van der Waals surface area contributed by atoms with E-state index in [-0.39, 0.29) is 17.6 Å². The lowest BCUT2D eigenvalue weighted by molar-refractivity contribution is 0.227. The van der Waals surface area contributed by atoms with Crippen molar-refractivity contribution in [3.63, 3.8) is 0 Å². The molecule has 1 aromatic rings. The minimum Gasteiger partial charge on any atom is -0.447 e. The highest BCUT2D eigenvalue weighted by atomic mass is 32.2. The number of sulfonamides is 1. The lowest BCUT2D eigenvalue weighted by Gasteiger charge is -2.18. The second-order valence-corrected chi connectivity index (χ2v) is 7.18. The van der Waals surface area contributed by atoms with Crippen LogP contribution in [0, 0.1) is 5.92 Å². The van der Waals surface area contributed by atoms with E-state index in [0.717, 1.165) is 0 Å². The first-order valence-electron chi connectivity index (χ1n) is 6.87. The van der Waals surface area contributed by atoms with Gasteiger partial charge in [0.15, 0.2) is 0 Å². The SMILES string of the molecule is CC(C)C(CO)NS(=O)(=O)c1ccc(CNC2CC2)o1. The van der Waals surface area contributed by atoms with Crippen molar-refractivity contribution in [2.75, 3.05) is 6.61 Å².